The monoisotopic (exact) mass is 314 g/mol. The molecule has 2 rings (SSSR count). The first-order chi connectivity index (χ1) is 10.7. The molecule has 0 heterocycles. The average Bonchev–Trinajstić information content (AvgIpc) is 2.55. The van der Waals surface area contributed by atoms with Crippen LogP contribution in [-0.4, -0.2) is 15.0 Å². The molecule has 2 aromatic rings. The Labute approximate surface area is 131 Å². The Bertz CT molecular complexity index is 717. The Morgan fingerprint density at radius 3 is 2.18 bits per heavy atom. The second-order valence-corrected chi connectivity index (χ2v) is 6.40. The highest BCUT2D eigenvalue weighted by molar-refractivity contribution is 7.97. The molecule has 0 unspecified atom stereocenters. The first kappa shape index (κ1) is 16.2. The van der Waals surface area contributed by atoms with E-state index in [1.54, 1.807) is 6.08 Å². The normalized spacial score (nSPS) is 12.2. The van der Waals surface area contributed by atoms with Crippen LogP contribution < -0.4 is 0 Å². The van der Waals surface area contributed by atoms with Crippen LogP contribution in [0.15, 0.2) is 77.6 Å². The largest absolute Gasteiger partial charge is 0.373 e. The second-order valence-electron chi connectivity index (χ2n) is 4.67. The standard InChI is InChI=1S/C18H18O3S/c19-22(20,15-12-17-8-3-1-4-9-17)14-7-13-21-16-18-10-5-2-6-11-18/h1-12,14-15H,13,16H2/b14-7+,15-12+. The van der Waals surface area contributed by atoms with Gasteiger partial charge < -0.3 is 4.74 Å². The van der Waals surface area contributed by atoms with Crippen LogP contribution in [0.2, 0.25) is 0 Å². The van der Waals surface area contributed by atoms with Crippen molar-refractivity contribution in [3.8, 4) is 0 Å². The maximum atomic E-state index is 11.8. The van der Waals surface area contributed by atoms with E-state index in [2.05, 4.69) is 0 Å². The van der Waals surface area contributed by atoms with Gasteiger partial charge in [-0.25, -0.2) is 8.42 Å². The van der Waals surface area contributed by atoms with Gasteiger partial charge in [-0.1, -0.05) is 60.7 Å². The van der Waals surface area contributed by atoms with Gasteiger partial charge in [-0.2, -0.15) is 0 Å². The Balaban J connectivity index is 1.80. The first-order valence-electron chi connectivity index (χ1n) is 6.92. The van der Waals surface area contributed by atoms with Gasteiger partial charge in [-0.05, 0) is 23.3 Å². The molecule has 3 nitrogen and oxygen atoms in total. The lowest BCUT2D eigenvalue weighted by molar-refractivity contribution is 0.149. The molecular formula is C18H18O3S. The highest BCUT2D eigenvalue weighted by Gasteiger charge is 1.99. The Morgan fingerprint density at radius 1 is 0.864 bits per heavy atom. The molecule has 0 aliphatic heterocycles. The molecule has 22 heavy (non-hydrogen) atoms. The van der Waals surface area contributed by atoms with Gasteiger partial charge in [0, 0.05) is 10.8 Å². The zero-order chi connectivity index (χ0) is 15.7. The number of rotatable bonds is 7. The van der Waals surface area contributed by atoms with E-state index in [0.717, 1.165) is 16.5 Å². The number of benzene rings is 2. The lowest BCUT2D eigenvalue weighted by Gasteiger charge is -2.00. The summed E-state index contributed by atoms with van der Waals surface area (Å²) < 4.78 is 29.0. The summed E-state index contributed by atoms with van der Waals surface area (Å²) >= 11 is 0. The zero-order valence-electron chi connectivity index (χ0n) is 12.1. The molecule has 4 heteroatoms. The van der Waals surface area contributed by atoms with Crippen LogP contribution in [0.5, 0.6) is 0 Å². The lowest BCUT2D eigenvalue weighted by Crippen LogP contribution is -1.94. The molecule has 0 N–H and O–H groups in total. The summed E-state index contributed by atoms with van der Waals surface area (Å²) in [6.45, 7) is 0.721. The van der Waals surface area contributed by atoms with Crippen LogP contribution in [0.1, 0.15) is 11.1 Å². The van der Waals surface area contributed by atoms with E-state index in [0.29, 0.717) is 6.61 Å². The summed E-state index contributed by atoms with van der Waals surface area (Å²) in [5.41, 5.74) is 1.91. The van der Waals surface area contributed by atoms with Crippen LogP contribution >= 0.6 is 0 Å². The molecule has 0 saturated carbocycles. The lowest BCUT2D eigenvalue weighted by atomic mass is 10.2. The van der Waals surface area contributed by atoms with Crippen molar-refractivity contribution < 1.29 is 13.2 Å². The first-order valence-corrected chi connectivity index (χ1v) is 8.53. The van der Waals surface area contributed by atoms with E-state index < -0.39 is 9.84 Å². The van der Waals surface area contributed by atoms with Gasteiger partial charge >= 0.3 is 0 Å². The van der Waals surface area contributed by atoms with Gasteiger partial charge in [0.15, 0.2) is 9.84 Å². The summed E-state index contributed by atoms with van der Waals surface area (Å²) in [6, 6.07) is 19.0. The molecule has 0 radical (unpaired) electrons. The smallest absolute Gasteiger partial charge is 0.192 e. The third kappa shape index (κ3) is 6.08. The van der Waals surface area contributed by atoms with Crippen LogP contribution in [0.25, 0.3) is 6.08 Å². The van der Waals surface area contributed by atoms with E-state index in [9.17, 15) is 8.42 Å². The maximum absolute atomic E-state index is 11.8. The molecule has 0 bridgehead atoms. The van der Waals surface area contributed by atoms with Gasteiger partial charge in [0.1, 0.15) is 0 Å². The van der Waals surface area contributed by atoms with Crippen molar-refractivity contribution in [2.75, 3.05) is 6.61 Å². The van der Waals surface area contributed by atoms with Crippen LogP contribution in [0.3, 0.4) is 0 Å². The van der Waals surface area contributed by atoms with E-state index in [1.807, 2.05) is 60.7 Å². The molecule has 0 amide bonds. The number of hydrogen-bond donors (Lipinski definition) is 0. The van der Waals surface area contributed by atoms with Crippen molar-refractivity contribution in [2.45, 2.75) is 6.61 Å². The zero-order valence-corrected chi connectivity index (χ0v) is 12.9. The maximum Gasteiger partial charge on any atom is 0.192 e. The number of ether oxygens (including phenoxy) is 1. The van der Waals surface area contributed by atoms with Crippen LogP contribution in [0.4, 0.5) is 0 Å². The minimum atomic E-state index is -3.37. The quantitative estimate of drug-likeness (QED) is 0.730. The van der Waals surface area contributed by atoms with Gasteiger partial charge in [0.2, 0.25) is 0 Å². The van der Waals surface area contributed by atoms with Gasteiger partial charge in [0.25, 0.3) is 0 Å². The predicted molar refractivity (Wildman–Crippen MR) is 89.6 cm³/mol. The van der Waals surface area contributed by atoms with Gasteiger partial charge in [-0.15, -0.1) is 0 Å². The molecule has 0 aliphatic rings. The van der Waals surface area contributed by atoms with Crippen molar-refractivity contribution in [3.05, 3.63) is 88.7 Å². The molecule has 2 aromatic carbocycles. The van der Waals surface area contributed by atoms with Crippen molar-refractivity contribution in [1.82, 2.24) is 0 Å². The van der Waals surface area contributed by atoms with Gasteiger partial charge in [-0.3, -0.25) is 0 Å². The van der Waals surface area contributed by atoms with E-state index >= 15 is 0 Å². The third-order valence-corrected chi connectivity index (χ3v) is 3.95. The molecule has 114 valence electrons. The Hall–Kier alpha value is -2.17. The summed E-state index contributed by atoms with van der Waals surface area (Å²) in [5, 5.41) is 2.35. The summed E-state index contributed by atoms with van der Waals surface area (Å²) in [6.07, 6.45) is 3.08. The van der Waals surface area contributed by atoms with Crippen LogP contribution in [0, 0.1) is 0 Å². The fourth-order valence-corrected chi connectivity index (χ4v) is 2.56. The summed E-state index contributed by atoms with van der Waals surface area (Å²) in [7, 11) is -3.37. The van der Waals surface area contributed by atoms with Crippen molar-refractivity contribution >= 4 is 15.9 Å². The molecule has 0 atom stereocenters. The van der Waals surface area contributed by atoms with E-state index in [1.165, 1.54) is 11.5 Å². The predicted octanol–water partition coefficient (Wildman–Crippen LogP) is 3.80. The van der Waals surface area contributed by atoms with E-state index in [-0.39, 0.29) is 6.61 Å². The highest BCUT2D eigenvalue weighted by atomic mass is 32.2. The SMILES string of the molecule is O=S(=O)(/C=C/COCc1ccccc1)/C=C/c1ccccc1. The number of hydrogen-bond acceptors (Lipinski definition) is 3. The molecular weight excluding hydrogens is 296 g/mol. The van der Waals surface area contributed by atoms with Crippen molar-refractivity contribution in [3.63, 3.8) is 0 Å². The fourth-order valence-electron chi connectivity index (χ4n) is 1.78. The van der Waals surface area contributed by atoms with Gasteiger partial charge in [0.05, 0.1) is 13.2 Å². The van der Waals surface area contributed by atoms with Crippen molar-refractivity contribution in [1.29, 1.82) is 0 Å². The molecule has 0 aliphatic carbocycles. The fraction of sp³-hybridized carbons (Fsp3) is 0.111. The highest BCUT2D eigenvalue weighted by Crippen LogP contribution is 2.05. The molecule has 0 aromatic heterocycles. The number of sulfone groups is 1. The second kappa shape index (κ2) is 8.32. The Kier molecular flexibility index (Phi) is 6.13. The summed E-state index contributed by atoms with van der Waals surface area (Å²) in [5.74, 6) is 0. The minimum Gasteiger partial charge on any atom is -0.373 e. The molecule has 0 fully saturated rings. The third-order valence-electron chi connectivity index (χ3n) is 2.86. The topological polar surface area (TPSA) is 43.4 Å². The molecule has 0 saturated heterocycles. The average molecular weight is 314 g/mol. The van der Waals surface area contributed by atoms with E-state index in [4.69, 9.17) is 4.74 Å². The molecule has 0 spiro atoms. The summed E-state index contributed by atoms with van der Waals surface area (Å²) in [4.78, 5) is 0. The Morgan fingerprint density at radius 2 is 1.50 bits per heavy atom. The van der Waals surface area contributed by atoms with Crippen LogP contribution in [-0.2, 0) is 21.2 Å². The van der Waals surface area contributed by atoms with Crippen molar-refractivity contribution in [2.24, 2.45) is 0 Å². The minimum absolute atomic E-state index is 0.257.